The number of nitrogens with zero attached hydrogens (tertiary/aromatic N) is 2. The summed E-state index contributed by atoms with van der Waals surface area (Å²) >= 11 is 0. The van der Waals surface area contributed by atoms with Crippen LogP contribution in [0.25, 0.3) is 0 Å². The lowest BCUT2D eigenvalue weighted by atomic mass is 9.74. The van der Waals surface area contributed by atoms with Gasteiger partial charge in [-0.05, 0) is 12.8 Å². The fourth-order valence-corrected chi connectivity index (χ4v) is 2.24. The number of hydrogen-bond acceptors (Lipinski definition) is 6. The lowest BCUT2D eigenvalue weighted by molar-refractivity contribution is -0.682. The van der Waals surface area contributed by atoms with Crippen LogP contribution in [0.15, 0.2) is 0 Å². The second-order valence-electron chi connectivity index (χ2n) is 5.25. The Morgan fingerprint density at radius 3 is 1.35 bits per heavy atom. The van der Waals surface area contributed by atoms with E-state index in [9.17, 15) is 20.2 Å². The molecule has 0 rings (SSSR count). The van der Waals surface area contributed by atoms with E-state index in [1.165, 1.54) is 28.1 Å². The van der Waals surface area contributed by atoms with Crippen LogP contribution in [-0.4, -0.2) is 48.4 Å². The van der Waals surface area contributed by atoms with Crippen molar-refractivity contribution in [1.29, 1.82) is 0 Å². The second kappa shape index (κ2) is 8.11. The zero-order valence-electron chi connectivity index (χ0n) is 12.6. The largest absolute Gasteiger partial charge is 0.385 e. The highest BCUT2D eigenvalue weighted by Gasteiger charge is 2.63. The maximum absolute atomic E-state index is 11.4. The number of hydrogen-bond donors (Lipinski definition) is 0. The first-order chi connectivity index (χ1) is 9.26. The molecule has 0 aliphatic heterocycles. The van der Waals surface area contributed by atoms with Gasteiger partial charge < -0.3 is 9.47 Å². The van der Waals surface area contributed by atoms with Gasteiger partial charge in [-0.2, -0.15) is 0 Å². The van der Waals surface area contributed by atoms with E-state index >= 15 is 0 Å². The first-order valence-corrected chi connectivity index (χ1v) is 6.53. The van der Waals surface area contributed by atoms with Crippen LogP contribution in [0.2, 0.25) is 0 Å². The Labute approximate surface area is 118 Å². The fourth-order valence-electron chi connectivity index (χ4n) is 2.24. The number of ether oxygens (including phenoxy) is 2. The van der Waals surface area contributed by atoms with Crippen LogP contribution < -0.4 is 0 Å². The molecule has 0 aromatic heterocycles. The van der Waals surface area contributed by atoms with Crippen molar-refractivity contribution >= 4 is 0 Å². The van der Waals surface area contributed by atoms with Crippen LogP contribution in [0.3, 0.4) is 0 Å². The molecule has 0 saturated heterocycles. The molecule has 0 spiro atoms. The van der Waals surface area contributed by atoms with E-state index in [4.69, 9.17) is 9.47 Å². The maximum atomic E-state index is 11.4. The topological polar surface area (TPSA) is 105 Å². The third-order valence-electron chi connectivity index (χ3n) is 3.99. The van der Waals surface area contributed by atoms with Crippen LogP contribution >= 0.6 is 0 Å². The molecule has 0 bridgehead atoms. The molecule has 118 valence electrons. The Kier molecular flexibility index (Phi) is 7.59. The van der Waals surface area contributed by atoms with E-state index in [0.717, 1.165) is 0 Å². The summed E-state index contributed by atoms with van der Waals surface area (Å²) < 4.78 is 9.75. The molecule has 20 heavy (non-hydrogen) atoms. The number of nitro groups is 2. The number of methoxy groups -OCH3 is 2. The molecule has 8 nitrogen and oxygen atoms in total. The van der Waals surface area contributed by atoms with Crippen molar-refractivity contribution in [3.05, 3.63) is 20.2 Å². The average Bonchev–Trinajstić information content (AvgIpc) is 2.38. The van der Waals surface area contributed by atoms with Gasteiger partial charge in [-0.1, -0.05) is 0 Å². The van der Waals surface area contributed by atoms with E-state index in [0.29, 0.717) is 26.1 Å². The fraction of sp³-hybridized carbons (Fsp3) is 1.00. The first kappa shape index (κ1) is 18.7. The molecule has 2 atom stereocenters. The molecule has 0 aromatic rings. The Hall–Kier alpha value is -1.28. The molecule has 8 heteroatoms. The van der Waals surface area contributed by atoms with E-state index < -0.39 is 20.9 Å². The minimum absolute atomic E-state index is 0.0955. The zero-order valence-corrected chi connectivity index (χ0v) is 12.6. The highest BCUT2D eigenvalue weighted by atomic mass is 16.6. The van der Waals surface area contributed by atoms with E-state index in [1.54, 1.807) is 0 Å². The van der Waals surface area contributed by atoms with Crippen molar-refractivity contribution in [1.82, 2.24) is 0 Å². The summed E-state index contributed by atoms with van der Waals surface area (Å²) in [5.74, 6) is 0. The van der Waals surface area contributed by atoms with Crippen molar-refractivity contribution in [3.63, 3.8) is 0 Å². The lowest BCUT2D eigenvalue weighted by Crippen LogP contribution is -2.60. The van der Waals surface area contributed by atoms with Gasteiger partial charge in [-0.3, -0.25) is 20.2 Å². The predicted molar refractivity (Wildman–Crippen MR) is 73.0 cm³/mol. The summed E-state index contributed by atoms with van der Waals surface area (Å²) in [5.41, 5.74) is -3.27. The molecule has 0 aliphatic rings. The highest BCUT2D eigenvalue weighted by Crippen LogP contribution is 2.36. The van der Waals surface area contributed by atoms with Gasteiger partial charge in [0.2, 0.25) is 0 Å². The van der Waals surface area contributed by atoms with Gasteiger partial charge in [-0.15, -0.1) is 0 Å². The molecule has 0 amide bonds. The summed E-state index contributed by atoms with van der Waals surface area (Å²) in [6, 6.07) is 0. The van der Waals surface area contributed by atoms with Gasteiger partial charge in [-0.25, -0.2) is 0 Å². The Morgan fingerprint density at radius 2 is 1.15 bits per heavy atom. The van der Waals surface area contributed by atoms with Gasteiger partial charge in [0, 0.05) is 64.0 Å². The van der Waals surface area contributed by atoms with Crippen LogP contribution in [0.4, 0.5) is 0 Å². The molecule has 0 saturated carbocycles. The Balaban J connectivity index is 5.21. The Bertz CT molecular complexity index is 306. The summed E-state index contributed by atoms with van der Waals surface area (Å²) in [4.78, 5) is 21.8. The van der Waals surface area contributed by atoms with Crippen molar-refractivity contribution < 1.29 is 19.3 Å². The summed E-state index contributed by atoms with van der Waals surface area (Å²) in [5, 5.41) is 22.9. The molecule has 0 heterocycles. The van der Waals surface area contributed by atoms with Crippen molar-refractivity contribution in [2.24, 2.45) is 0 Å². The molecule has 0 aromatic carbocycles. The quantitative estimate of drug-likeness (QED) is 0.327. The van der Waals surface area contributed by atoms with Crippen molar-refractivity contribution in [2.45, 2.75) is 50.6 Å². The minimum atomic E-state index is -1.64. The van der Waals surface area contributed by atoms with Crippen LogP contribution in [-0.2, 0) is 9.47 Å². The summed E-state index contributed by atoms with van der Waals surface area (Å²) in [6.07, 6.45) is 1.000. The van der Waals surface area contributed by atoms with Gasteiger partial charge in [0.05, 0.1) is 0 Å². The molecule has 0 N–H and O–H groups in total. The predicted octanol–water partition coefficient (Wildman–Crippen LogP) is 1.91. The lowest BCUT2D eigenvalue weighted by Gasteiger charge is -2.32. The zero-order chi connectivity index (χ0) is 15.8. The van der Waals surface area contributed by atoms with Crippen molar-refractivity contribution in [2.75, 3.05) is 27.4 Å². The van der Waals surface area contributed by atoms with Crippen LogP contribution in [0.5, 0.6) is 0 Å². The van der Waals surface area contributed by atoms with E-state index in [-0.39, 0.29) is 12.8 Å². The molecule has 2 unspecified atom stereocenters. The molecular formula is C12H24N2O6. The summed E-state index contributed by atoms with van der Waals surface area (Å²) in [6.45, 7) is 3.38. The second-order valence-corrected chi connectivity index (χ2v) is 5.25. The molecule has 0 radical (unpaired) electrons. The molecular weight excluding hydrogens is 268 g/mol. The Morgan fingerprint density at radius 1 is 0.850 bits per heavy atom. The van der Waals surface area contributed by atoms with Crippen LogP contribution in [0, 0.1) is 20.2 Å². The van der Waals surface area contributed by atoms with Gasteiger partial charge >= 0.3 is 0 Å². The monoisotopic (exact) mass is 292 g/mol. The van der Waals surface area contributed by atoms with Crippen molar-refractivity contribution in [3.8, 4) is 0 Å². The maximum Gasteiger partial charge on any atom is 0.287 e. The smallest absolute Gasteiger partial charge is 0.287 e. The van der Waals surface area contributed by atoms with E-state index in [1.807, 2.05) is 0 Å². The number of rotatable bonds is 11. The van der Waals surface area contributed by atoms with E-state index in [2.05, 4.69) is 0 Å². The van der Waals surface area contributed by atoms with Gasteiger partial charge in [0.1, 0.15) is 0 Å². The standard InChI is InChI=1S/C12H24N2O6/c1-11(13(15)16,7-5-9-19-3)12(2,14(17)18)8-6-10-20-4/h5-10H2,1-4H3. The third-order valence-corrected chi connectivity index (χ3v) is 3.99. The average molecular weight is 292 g/mol. The molecule has 0 fully saturated rings. The normalized spacial score (nSPS) is 17.2. The van der Waals surface area contributed by atoms with Crippen LogP contribution in [0.1, 0.15) is 39.5 Å². The van der Waals surface area contributed by atoms with Gasteiger partial charge in [0.15, 0.2) is 0 Å². The third kappa shape index (κ3) is 4.11. The first-order valence-electron chi connectivity index (χ1n) is 6.53. The molecule has 0 aliphatic carbocycles. The van der Waals surface area contributed by atoms with Gasteiger partial charge in [0.25, 0.3) is 11.1 Å². The SMILES string of the molecule is COCCCC(C)([N+](=O)[O-])C(C)(CCCOC)[N+](=O)[O-]. The summed E-state index contributed by atoms with van der Waals surface area (Å²) in [7, 11) is 2.99. The highest BCUT2D eigenvalue weighted by molar-refractivity contribution is 4.94. The minimum Gasteiger partial charge on any atom is -0.385 e.